The number of hydrogen-bond donors (Lipinski definition) is 1. The van der Waals surface area contributed by atoms with Gasteiger partial charge in [0.15, 0.2) is 0 Å². The number of imidazole rings is 1. The fourth-order valence-electron chi connectivity index (χ4n) is 1.79. The van der Waals surface area contributed by atoms with Crippen LogP contribution in [0.2, 0.25) is 5.15 Å². The van der Waals surface area contributed by atoms with Crippen molar-refractivity contribution in [2.75, 3.05) is 11.3 Å². The molecule has 0 aliphatic carbocycles. The van der Waals surface area contributed by atoms with Crippen LogP contribution in [-0.2, 0) is 26.6 Å². The predicted octanol–water partition coefficient (Wildman–Crippen LogP) is 2.45. The first-order chi connectivity index (χ1) is 11.3. The highest BCUT2D eigenvalue weighted by molar-refractivity contribution is 7.92. The Bertz CT molecular complexity index is 857. The number of hydrogen-bond acceptors (Lipinski definition) is 5. The third-order valence-electron chi connectivity index (χ3n) is 2.95. The second-order valence-corrected chi connectivity index (χ2v) is 6.72. The van der Waals surface area contributed by atoms with E-state index in [1.54, 1.807) is 44.3 Å². The van der Waals surface area contributed by atoms with Crippen LogP contribution < -0.4 is 4.72 Å². The number of aryl methyl sites for hydroxylation is 1. The second kappa shape index (κ2) is 7.50. The van der Waals surface area contributed by atoms with E-state index in [2.05, 4.69) is 9.71 Å². The van der Waals surface area contributed by atoms with Crippen molar-refractivity contribution >= 4 is 39.4 Å². The molecule has 24 heavy (non-hydrogen) atoms. The van der Waals surface area contributed by atoms with Gasteiger partial charge in [0.05, 0.1) is 12.9 Å². The van der Waals surface area contributed by atoms with E-state index in [0.29, 0.717) is 12.3 Å². The molecular weight excluding hydrogens is 354 g/mol. The third kappa shape index (κ3) is 4.36. The Morgan fingerprint density at radius 2 is 2.04 bits per heavy atom. The van der Waals surface area contributed by atoms with E-state index in [9.17, 15) is 13.2 Å². The van der Waals surface area contributed by atoms with E-state index in [0.717, 1.165) is 5.56 Å². The van der Waals surface area contributed by atoms with E-state index < -0.39 is 16.0 Å². The highest BCUT2D eigenvalue weighted by Gasteiger charge is 2.22. The second-order valence-electron chi connectivity index (χ2n) is 4.76. The summed E-state index contributed by atoms with van der Waals surface area (Å²) in [5.74, 6) is -0.438. The lowest BCUT2D eigenvalue weighted by Crippen LogP contribution is -2.14. The van der Waals surface area contributed by atoms with Crippen LogP contribution in [-0.4, -0.2) is 30.5 Å². The number of esters is 1. The Balaban J connectivity index is 2.11. The Hall–Kier alpha value is -2.32. The summed E-state index contributed by atoms with van der Waals surface area (Å²) in [4.78, 5) is 15.0. The van der Waals surface area contributed by atoms with Gasteiger partial charge in [-0.2, -0.15) is 8.42 Å². The minimum Gasteiger partial charge on any atom is -0.463 e. The number of halogens is 1. The first kappa shape index (κ1) is 18.0. The zero-order valence-electron chi connectivity index (χ0n) is 13.1. The molecule has 2 aromatic rings. The molecule has 0 unspecified atom stereocenters. The number of carbonyl (C=O) groups excluding carboxylic acids is 1. The van der Waals surface area contributed by atoms with Gasteiger partial charge in [-0.05, 0) is 30.7 Å². The number of sulfonamides is 1. The van der Waals surface area contributed by atoms with Crippen molar-refractivity contribution in [3.05, 3.63) is 47.4 Å². The Morgan fingerprint density at radius 1 is 1.38 bits per heavy atom. The van der Waals surface area contributed by atoms with Gasteiger partial charge in [-0.3, -0.25) is 4.72 Å². The van der Waals surface area contributed by atoms with Gasteiger partial charge >= 0.3 is 5.97 Å². The molecule has 1 N–H and O–H groups in total. The fraction of sp³-hybridized carbons (Fsp3) is 0.200. The first-order valence-electron chi connectivity index (χ1n) is 6.98. The third-order valence-corrected chi connectivity index (χ3v) is 4.82. The number of anilines is 1. The molecule has 0 aliphatic heterocycles. The van der Waals surface area contributed by atoms with Crippen LogP contribution >= 0.6 is 11.6 Å². The van der Waals surface area contributed by atoms with Crippen molar-refractivity contribution in [2.24, 2.45) is 7.05 Å². The molecule has 1 aromatic heterocycles. The molecule has 0 aliphatic rings. The number of benzene rings is 1. The van der Waals surface area contributed by atoms with Crippen molar-refractivity contribution in [1.29, 1.82) is 0 Å². The molecule has 9 heteroatoms. The van der Waals surface area contributed by atoms with Gasteiger partial charge in [0, 0.05) is 18.8 Å². The van der Waals surface area contributed by atoms with Crippen molar-refractivity contribution in [1.82, 2.24) is 9.55 Å². The maximum atomic E-state index is 12.3. The molecule has 1 heterocycles. The first-order valence-corrected chi connectivity index (χ1v) is 8.84. The Kier molecular flexibility index (Phi) is 5.63. The van der Waals surface area contributed by atoms with Crippen LogP contribution in [0.15, 0.2) is 41.7 Å². The molecule has 128 valence electrons. The largest absolute Gasteiger partial charge is 0.463 e. The molecule has 0 saturated heterocycles. The molecule has 0 fully saturated rings. The zero-order valence-corrected chi connectivity index (χ0v) is 14.6. The van der Waals surface area contributed by atoms with Gasteiger partial charge in [-0.1, -0.05) is 23.7 Å². The minimum atomic E-state index is -3.88. The topological polar surface area (TPSA) is 90.3 Å². The van der Waals surface area contributed by atoms with Crippen LogP contribution in [0.3, 0.4) is 0 Å². The summed E-state index contributed by atoms with van der Waals surface area (Å²) in [6.07, 6.45) is 4.20. The van der Waals surface area contributed by atoms with Gasteiger partial charge in [0.2, 0.25) is 5.03 Å². The van der Waals surface area contributed by atoms with Crippen LogP contribution in [0.5, 0.6) is 0 Å². The maximum Gasteiger partial charge on any atom is 0.330 e. The quantitative estimate of drug-likeness (QED) is 0.624. The summed E-state index contributed by atoms with van der Waals surface area (Å²) >= 11 is 5.91. The number of carbonyl (C=O) groups is 1. The molecule has 7 nitrogen and oxygen atoms in total. The lowest BCUT2D eigenvalue weighted by Gasteiger charge is -2.06. The van der Waals surface area contributed by atoms with Crippen LogP contribution in [0.1, 0.15) is 12.5 Å². The number of ether oxygens (including phenoxy) is 1. The summed E-state index contributed by atoms with van der Waals surface area (Å²) in [5, 5.41) is -0.213. The summed E-state index contributed by atoms with van der Waals surface area (Å²) in [5.41, 5.74) is 1.08. The van der Waals surface area contributed by atoms with E-state index in [-0.39, 0.29) is 10.2 Å². The highest BCUT2D eigenvalue weighted by Crippen LogP contribution is 2.22. The lowest BCUT2D eigenvalue weighted by molar-refractivity contribution is -0.137. The summed E-state index contributed by atoms with van der Waals surface area (Å²) in [6.45, 7) is 2.03. The maximum absolute atomic E-state index is 12.3. The monoisotopic (exact) mass is 369 g/mol. The summed E-state index contributed by atoms with van der Waals surface area (Å²) in [7, 11) is -2.28. The van der Waals surface area contributed by atoms with Crippen molar-refractivity contribution in [3.63, 3.8) is 0 Å². The Labute approximate surface area is 145 Å². The lowest BCUT2D eigenvalue weighted by atomic mass is 10.2. The van der Waals surface area contributed by atoms with Gasteiger partial charge in [0.25, 0.3) is 10.0 Å². The van der Waals surface area contributed by atoms with E-state index in [4.69, 9.17) is 16.3 Å². The summed E-state index contributed by atoms with van der Waals surface area (Å²) in [6, 6.07) is 6.46. The molecular formula is C15H16ClN3O4S. The SMILES string of the molecule is CCOC(=O)/C=C/c1ccc(NS(=O)(=O)c2ncn(C)c2Cl)cc1. The fourth-order valence-corrected chi connectivity index (χ4v) is 3.29. The average molecular weight is 370 g/mol. The smallest absolute Gasteiger partial charge is 0.330 e. The predicted molar refractivity (Wildman–Crippen MR) is 91.1 cm³/mol. The molecule has 0 spiro atoms. The van der Waals surface area contributed by atoms with Crippen LogP contribution in [0, 0.1) is 0 Å². The molecule has 0 radical (unpaired) electrons. The van der Waals surface area contributed by atoms with Crippen molar-refractivity contribution in [3.8, 4) is 0 Å². The normalized spacial score (nSPS) is 11.6. The van der Waals surface area contributed by atoms with E-state index in [1.807, 2.05) is 0 Å². The van der Waals surface area contributed by atoms with E-state index >= 15 is 0 Å². The van der Waals surface area contributed by atoms with Crippen LogP contribution in [0.4, 0.5) is 5.69 Å². The van der Waals surface area contributed by atoms with Crippen LogP contribution in [0.25, 0.3) is 6.08 Å². The van der Waals surface area contributed by atoms with Crippen molar-refractivity contribution < 1.29 is 17.9 Å². The minimum absolute atomic E-state index is 0.0245. The molecule has 0 bridgehead atoms. The molecule has 0 atom stereocenters. The zero-order chi connectivity index (χ0) is 17.7. The molecule has 0 amide bonds. The number of nitrogens with zero attached hydrogens (tertiary/aromatic N) is 2. The number of rotatable bonds is 6. The van der Waals surface area contributed by atoms with Gasteiger partial charge < -0.3 is 9.30 Å². The number of nitrogens with one attached hydrogen (secondary N) is 1. The highest BCUT2D eigenvalue weighted by atomic mass is 35.5. The Morgan fingerprint density at radius 3 is 2.58 bits per heavy atom. The summed E-state index contributed by atoms with van der Waals surface area (Å²) < 4.78 is 33.1. The van der Waals surface area contributed by atoms with E-state index in [1.165, 1.54) is 17.0 Å². The molecule has 0 saturated carbocycles. The van der Waals surface area contributed by atoms with Gasteiger partial charge in [-0.15, -0.1) is 0 Å². The van der Waals surface area contributed by atoms with Gasteiger partial charge in [-0.25, -0.2) is 9.78 Å². The standard InChI is InChI=1S/C15H16ClN3O4S/c1-3-23-13(20)9-6-11-4-7-12(8-5-11)18-24(21,22)15-14(16)19(2)10-17-15/h4-10,18H,3H2,1-2H3/b9-6+. The molecule has 2 rings (SSSR count). The number of aromatic nitrogens is 2. The average Bonchev–Trinajstić information content (AvgIpc) is 2.87. The van der Waals surface area contributed by atoms with Gasteiger partial charge in [0.1, 0.15) is 5.15 Å². The molecule has 1 aromatic carbocycles. The van der Waals surface area contributed by atoms with Crippen molar-refractivity contribution in [2.45, 2.75) is 11.9 Å².